The van der Waals surface area contributed by atoms with Gasteiger partial charge in [-0.25, -0.2) is 0 Å². The van der Waals surface area contributed by atoms with Crippen LogP contribution in [0.3, 0.4) is 0 Å². The van der Waals surface area contributed by atoms with Gasteiger partial charge in [-0.2, -0.15) is 0 Å². The summed E-state index contributed by atoms with van der Waals surface area (Å²) in [5.41, 5.74) is 1.02. The molecule has 0 amide bonds. The summed E-state index contributed by atoms with van der Waals surface area (Å²) in [4.78, 5) is 35.7. The highest BCUT2D eigenvalue weighted by Gasteiger charge is 1.90. The molecule has 0 unspecified atom stereocenters. The fourth-order valence-electron chi connectivity index (χ4n) is 0.0532. The molecule has 0 spiro atoms. The Morgan fingerprint density at radius 2 is 2.14 bits per heavy atom. The molecule has 0 aromatic heterocycles. The third-order valence-corrected chi connectivity index (χ3v) is 0.513. The average Bonchev–Trinajstić information content (AvgIpc) is 1.30. The quantitative estimate of drug-likeness (QED) is 0.218. The van der Waals surface area contributed by atoms with Crippen molar-refractivity contribution in [3.05, 3.63) is 4.91 Å². The lowest BCUT2D eigenvalue weighted by molar-refractivity contribution is -0.197. The van der Waals surface area contributed by atoms with Gasteiger partial charge in [-0.3, -0.25) is 0 Å². The smallest absolute Gasteiger partial charge is 0.412 e. The maximum atomic E-state index is 9.52. The molecule has 0 aliphatic rings. The van der Waals surface area contributed by atoms with E-state index in [0.29, 0.717) is 0 Å². The van der Waals surface area contributed by atoms with Crippen LogP contribution >= 0.6 is 7.57 Å². The number of nitroso groups, excluding NO2 is 1. The van der Waals surface area contributed by atoms with Crippen molar-refractivity contribution in [2.75, 3.05) is 0 Å². The Bertz CT molecular complexity index is 148. The summed E-state index contributed by atoms with van der Waals surface area (Å²) < 4.78 is 0. The van der Waals surface area contributed by atoms with E-state index in [1.54, 1.807) is 4.85 Å². The fraction of sp³-hybridized carbons (Fsp3) is 0. The highest BCUT2D eigenvalue weighted by atomic mass is 31.2. The molecule has 0 fully saturated rings. The van der Waals surface area contributed by atoms with Crippen molar-refractivity contribution in [2.45, 2.75) is 0 Å². The lowest BCUT2D eigenvalue weighted by Crippen LogP contribution is -1.98. The van der Waals surface area contributed by atoms with Gasteiger partial charge < -0.3 is 14.7 Å². The Morgan fingerprint density at radius 3 is 2.14 bits per heavy atom. The molecule has 0 atom stereocenters. The van der Waals surface area contributed by atoms with Crippen LogP contribution in [-0.4, -0.2) is 15.4 Å². The van der Waals surface area contributed by atoms with E-state index in [1.807, 2.05) is 0 Å². The van der Waals surface area contributed by atoms with Crippen molar-refractivity contribution in [1.29, 1.82) is 0 Å². The Balaban J connectivity index is 4.66. The number of rotatable bonds is 0. The van der Waals surface area contributed by atoms with Gasteiger partial charge in [-0.15, -0.1) is 0 Å². The topological polar surface area (TPSA) is 94.7 Å². The summed E-state index contributed by atoms with van der Waals surface area (Å²) in [7, 11) is -4.39. The Labute approximate surface area is 38.8 Å². The lowest BCUT2D eigenvalue weighted by atomic mass is 11.8. The lowest BCUT2D eigenvalue weighted by Gasteiger charge is -2.03. The summed E-state index contributed by atoms with van der Waals surface area (Å²) in [5, 5.41) is 0. The van der Waals surface area contributed by atoms with Crippen LogP contribution in [0.15, 0.2) is 0 Å². The van der Waals surface area contributed by atoms with Gasteiger partial charge in [-0.05, 0) is 0 Å². The number of hydrogen-bond donors (Lipinski definition) is 2. The fourth-order valence-corrected chi connectivity index (χ4v) is 0.160. The van der Waals surface area contributed by atoms with Crippen molar-refractivity contribution < 1.29 is 14.7 Å². The molecule has 0 aliphatic heterocycles. The van der Waals surface area contributed by atoms with E-state index in [0.717, 1.165) is 5.59 Å². The molecule has 0 aromatic rings. The molecule has 0 radical (unpaired) electrons. The Kier molecular flexibility index (Phi) is 1.93. The predicted octanol–water partition coefficient (Wildman–Crippen LogP) is -2.17. The molecule has 7 heavy (non-hydrogen) atoms. The third-order valence-electron chi connectivity index (χ3n) is 0.171. The first kappa shape index (κ1) is 6.60. The number of hydrogen-bond acceptors (Lipinski definition) is 4. The predicted molar refractivity (Wildman–Crippen MR) is 21.9 cm³/mol. The molecule has 0 aromatic carbocycles. The zero-order valence-electron chi connectivity index (χ0n) is 3.11. The van der Waals surface area contributed by atoms with E-state index >= 15 is 0 Å². The maximum absolute atomic E-state index is 9.52. The Hall–Kier alpha value is -0.400. The first-order valence-electron chi connectivity index (χ1n) is 1.21. The molecule has 40 valence electrons. The van der Waals surface area contributed by atoms with E-state index in [1.165, 1.54) is 0 Å². The summed E-state index contributed by atoms with van der Waals surface area (Å²) in [6.45, 7) is 0. The van der Waals surface area contributed by atoms with Gasteiger partial charge in [0.1, 0.15) is 0 Å². The van der Waals surface area contributed by atoms with Crippen LogP contribution in [0.2, 0.25) is 0 Å². The van der Waals surface area contributed by atoms with Gasteiger partial charge >= 0.3 is 5.59 Å². The molecule has 0 rings (SSSR count). The summed E-state index contributed by atoms with van der Waals surface area (Å²) in [5.74, 6) is 0. The van der Waals surface area contributed by atoms with Crippen LogP contribution in [0, 0.1) is 4.91 Å². The normalized spacial score (nSPS) is 9.57. The van der Waals surface area contributed by atoms with E-state index in [-0.39, 0.29) is 0 Å². The minimum absolute atomic E-state index is 1.02. The number of nitrogens with zero attached hydrogens (tertiary/aromatic N) is 1. The third kappa shape index (κ3) is 5.60. The molecule has 0 aliphatic carbocycles. The second-order valence-corrected chi connectivity index (χ2v) is 2.02. The first-order chi connectivity index (χ1) is 3.06. The van der Waals surface area contributed by atoms with E-state index in [2.05, 4.69) is 0 Å². The van der Waals surface area contributed by atoms with Gasteiger partial charge in [0.25, 0.3) is 4.85 Å². The van der Waals surface area contributed by atoms with Crippen molar-refractivity contribution in [2.24, 2.45) is 0 Å². The van der Waals surface area contributed by atoms with Crippen LogP contribution in [0.1, 0.15) is 0 Å². The van der Waals surface area contributed by atoms with Gasteiger partial charge in [-0.1, -0.05) is 0 Å². The van der Waals surface area contributed by atoms with Gasteiger partial charge in [0, 0.05) is 0 Å². The average molecular weight is 123 g/mol. The molecule has 0 saturated carbocycles. The molecule has 0 heterocycles. The molecular weight excluding hydrogens is 121 g/mol. The summed E-state index contributed by atoms with van der Waals surface area (Å²) >= 11 is 0. The van der Waals surface area contributed by atoms with Crippen LogP contribution in [-0.2, 0) is 0 Å². The minimum Gasteiger partial charge on any atom is -0.777 e. The van der Waals surface area contributed by atoms with E-state index in [9.17, 15) is 4.89 Å². The second-order valence-electron chi connectivity index (χ2n) is 0.735. The highest BCUT2D eigenvalue weighted by molar-refractivity contribution is 7.55. The van der Waals surface area contributed by atoms with Crippen LogP contribution < -0.4 is 9.75 Å². The Morgan fingerprint density at radius 1 is 1.71 bits per heavy atom. The largest absolute Gasteiger partial charge is 0.777 e. The van der Waals surface area contributed by atoms with Crippen molar-refractivity contribution in [1.82, 2.24) is 4.85 Å². The maximum Gasteiger partial charge on any atom is 0.412 e. The molecule has 2 N–H and O–H groups in total. The minimum atomic E-state index is -4.39. The zero-order valence-corrected chi connectivity index (χ0v) is 4.00. The zero-order chi connectivity index (χ0) is 5.91. The SMILES string of the molecule is O=[N+]=C=P([O-])(O)O. The summed E-state index contributed by atoms with van der Waals surface area (Å²) in [6.07, 6.45) is 0. The van der Waals surface area contributed by atoms with Crippen molar-refractivity contribution >= 4 is 13.2 Å². The second kappa shape index (κ2) is 2.05. The van der Waals surface area contributed by atoms with Gasteiger partial charge in [0.05, 0.1) is 0 Å². The van der Waals surface area contributed by atoms with Gasteiger partial charge in [0.15, 0.2) is 12.5 Å². The van der Waals surface area contributed by atoms with Crippen LogP contribution in [0.5, 0.6) is 0 Å². The highest BCUT2D eigenvalue weighted by Crippen LogP contribution is 2.19. The van der Waals surface area contributed by atoms with E-state index in [4.69, 9.17) is 14.7 Å². The first-order valence-corrected chi connectivity index (χ1v) is 2.82. The molecular formula is CH2NO4P. The van der Waals surface area contributed by atoms with Crippen LogP contribution in [0.25, 0.3) is 0 Å². The van der Waals surface area contributed by atoms with Crippen molar-refractivity contribution in [3.63, 3.8) is 0 Å². The molecule has 5 nitrogen and oxygen atoms in total. The van der Waals surface area contributed by atoms with Gasteiger partial charge in [0.2, 0.25) is 0 Å². The standard InChI is InChI=1S/CH2NO4P/c3-2-1-7(4,5)6/h(H2-,4,5,6). The monoisotopic (exact) mass is 123 g/mol. The van der Waals surface area contributed by atoms with E-state index < -0.39 is 7.57 Å². The molecule has 0 saturated heterocycles. The van der Waals surface area contributed by atoms with Crippen LogP contribution in [0.4, 0.5) is 0 Å². The molecule has 6 heteroatoms. The molecule has 0 bridgehead atoms. The summed E-state index contributed by atoms with van der Waals surface area (Å²) in [6, 6.07) is 0. The van der Waals surface area contributed by atoms with Crippen molar-refractivity contribution in [3.8, 4) is 0 Å².